The molecule has 0 saturated carbocycles. The van der Waals surface area contributed by atoms with Gasteiger partial charge in [-0.25, -0.2) is 0 Å². The third-order valence-electron chi connectivity index (χ3n) is 3.38. The topological polar surface area (TPSA) is 30.5 Å². The summed E-state index contributed by atoms with van der Waals surface area (Å²) in [4.78, 5) is 0. The second-order valence-corrected chi connectivity index (χ2v) is 4.99. The van der Waals surface area contributed by atoms with Crippen molar-refractivity contribution in [1.82, 2.24) is 5.32 Å². The van der Waals surface area contributed by atoms with Crippen molar-refractivity contribution in [3.8, 4) is 5.75 Å². The number of ether oxygens (including phenoxy) is 2. The van der Waals surface area contributed by atoms with Crippen LogP contribution in [0, 0.1) is 0 Å². The zero-order valence-corrected chi connectivity index (χ0v) is 11.3. The van der Waals surface area contributed by atoms with Crippen LogP contribution in [0.3, 0.4) is 0 Å². The molecule has 2 atom stereocenters. The van der Waals surface area contributed by atoms with Gasteiger partial charge in [-0.15, -0.1) is 0 Å². The Kier molecular flexibility index (Phi) is 5.02. The quantitative estimate of drug-likeness (QED) is 0.869. The van der Waals surface area contributed by atoms with Crippen LogP contribution in [0.4, 0.5) is 0 Å². The van der Waals surface area contributed by atoms with Gasteiger partial charge in [-0.05, 0) is 50.9 Å². The number of benzene rings is 1. The van der Waals surface area contributed by atoms with E-state index in [0.29, 0.717) is 6.04 Å². The van der Waals surface area contributed by atoms with Gasteiger partial charge in [-0.1, -0.05) is 12.1 Å². The average Bonchev–Trinajstić information content (AvgIpc) is 2.42. The summed E-state index contributed by atoms with van der Waals surface area (Å²) in [6.07, 6.45) is 3.46. The maximum atomic E-state index is 5.90. The van der Waals surface area contributed by atoms with Crippen molar-refractivity contribution < 1.29 is 9.47 Å². The molecule has 0 spiro atoms. The Labute approximate surface area is 109 Å². The fourth-order valence-electron chi connectivity index (χ4n) is 2.16. The molecule has 18 heavy (non-hydrogen) atoms. The van der Waals surface area contributed by atoms with Crippen LogP contribution in [-0.4, -0.2) is 32.4 Å². The molecule has 2 rings (SSSR count). The zero-order chi connectivity index (χ0) is 12.8. The van der Waals surface area contributed by atoms with Crippen LogP contribution in [0.1, 0.15) is 25.3 Å². The highest BCUT2D eigenvalue weighted by Gasteiger charge is 2.15. The van der Waals surface area contributed by atoms with Gasteiger partial charge in [0.05, 0.1) is 6.61 Å². The minimum atomic E-state index is 0.223. The van der Waals surface area contributed by atoms with Crippen molar-refractivity contribution in [1.29, 1.82) is 0 Å². The molecule has 1 N–H and O–H groups in total. The van der Waals surface area contributed by atoms with Gasteiger partial charge in [0.2, 0.25) is 0 Å². The van der Waals surface area contributed by atoms with Crippen molar-refractivity contribution in [2.24, 2.45) is 0 Å². The number of hydrogen-bond donors (Lipinski definition) is 1. The fourth-order valence-corrected chi connectivity index (χ4v) is 2.16. The Bertz CT molecular complexity index is 344. The zero-order valence-electron chi connectivity index (χ0n) is 11.3. The molecule has 0 aliphatic carbocycles. The van der Waals surface area contributed by atoms with Gasteiger partial charge in [0.15, 0.2) is 0 Å². The van der Waals surface area contributed by atoms with E-state index in [9.17, 15) is 0 Å². The van der Waals surface area contributed by atoms with E-state index in [4.69, 9.17) is 9.47 Å². The Morgan fingerprint density at radius 2 is 2.17 bits per heavy atom. The van der Waals surface area contributed by atoms with E-state index in [-0.39, 0.29) is 6.10 Å². The second-order valence-electron chi connectivity index (χ2n) is 4.99. The van der Waals surface area contributed by atoms with Crippen LogP contribution in [0.2, 0.25) is 0 Å². The lowest BCUT2D eigenvalue weighted by molar-refractivity contribution is 0.00742. The van der Waals surface area contributed by atoms with Crippen LogP contribution >= 0.6 is 0 Å². The van der Waals surface area contributed by atoms with E-state index in [0.717, 1.165) is 38.2 Å². The summed E-state index contributed by atoms with van der Waals surface area (Å²) in [5, 5.41) is 3.25. The molecular weight excluding hydrogens is 226 g/mol. The Hall–Kier alpha value is -1.06. The molecule has 1 fully saturated rings. The maximum Gasteiger partial charge on any atom is 0.122 e. The molecule has 3 heteroatoms. The van der Waals surface area contributed by atoms with Gasteiger partial charge >= 0.3 is 0 Å². The number of rotatable bonds is 5. The first-order chi connectivity index (χ1) is 8.78. The Morgan fingerprint density at radius 1 is 1.39 bits per heavy atom. The highest BCUT2D eigenvalue weighted by atomic mass is 16.5. The Morgan fingerprint density at radius 3 is 2.78 bits per heavy atom. The lowest BCUT2D eigenvalue weighted by Crippen LogP contribution is -2.28. The van der Waals surface area contributed by atoms with E-state index in [1.54, 1.807) is 0 Å². The van der Waals surface area contributed by atoms with Crippen LogP contribution < -0.4 is 10.1 Å². The molecule has 1 aromatic carbocycles. The predicted molar refractivity (Wildman–Crippen MR) is 73.1 cm³/mol. The first-order valence-corrected chi connectivity index (χ1v) is 6.78. The molecule has 3 nitrogen and oxygen atoms in total. The highest BCUT2D eigenvalue weighted by molar-refractivity contribution is 5.28. The highest BCUT2D eigenvalue weighted by Crippen LogP contribution is 2.18. The lowest BCUT2D eigenvalue weighted by atomic mass is 10.1. The summed E-state index contributed by atoms with van der Waals surface area (Å²) < 4.78 is 11.3. The summed E-state index contributed by atoms with van der Waals surface area (Å²) >= 11 is 0. The van der Waals surface area contributed by atoms with Crippen molar-refractivity contribution in [3.05, 3.63) is 29.8 Å². The van der Waals surface area contributed by atoms with E-state index in [1.807, 2.05) is 7.05 Å². The molecule has 0 bridgehead atoms. The van der Waals surface area contributed by atoms with Gasteiger partial charge in [-0.3, -0.25) is 0 Å². The smallest absolute Gasteiger partial charge is 0.122 e. The molecule has 1 aliphatic rings. The van der Waals surface area contributed by atoms with E-state index in [1.165, 1.54) is 5.56 Å². The first kappa shape index (κ1) is 13.4. The molecule has 0 radical (unpaired) electrons. The maximum absolute atomic E-state index is 5.90. The summed E-state index contributed by atoms with van der Waals surface area (Å²) in [5.74, 6) is 0.950. The Balaban J connectivity index is 1.86. The van der Waals surface area contributed by atoms with Crippen molar-refractivity contribution in [2.45, 2.75) is 38.3 Å². The molecule has 1 heterocycles. The summed E-state index contributed by atoms with van der Waals surface area (Å²) in [5.41, 5.74) is 1.34. The molecule has 0 aromatic heterocycles. The largest absolute Gasteiger partial charge is 0.488 e. The third-order valence-corrected chi connectivity index (χ3v) is 3.38. The lowest BCUT2D eigenvalue weighted by Gasteiger charge is -2.23. The van der Waals surface area contributed by atoms with Crippen LogP contribution in [0.5, 0.6) is 5.75 Å². The van der Waals surface area contributed by atoms with Crippen molar-refractivity contribution >= 4 is 0 Å². The van der Waals surface area contributed by atoms with Gasteiger partial charge in [0.25, 0.3) is 0 Å². The molecule has 1 aromatic rings. The molecular formula is C15H23NO2. The van der Waals surface area contributed by atoms with Gasteiger partial charge < -0.3 is 14.8 Å². The van der Waals surface area contributed by atoms with Crippen molar-refractivity contribution in [3.63, 3.8) is 0 Å². The van der Waals surface area contributed by atoms with Crippen LogP contribution in [-0.2, 0) is 11.2 Å². The SMILES string of the molecule is CNC(C)Cc1ccc(OC2CCCOC2)cc1. The molecule has 100 valence electrons. The van der Waals surface area contributed by atoms with E-state index in [2.05, 4.69) is 36.5 Å². The molecule has 1 saturated heterocycles. The van der Waals surface area contributed by atoms with Crippen LogP contribution in [0.25, 0.3) is 0 Å². The van der Waals surface area contributed by atoms with Crippen LogP contribution in [0.15, 0.2) is 24.3 Å². The monoisotopic (exact) mass is 249 g/mol. The van der Waals surface area contributed by atoms with Crippen molar-refractivity contribution in [2.75, 3.05) is 20.3 Å². The predicted octanol–water partition coefficient (Wildman–Crippen LogP) is 2.39. The minimum Gasteiger partial charge on any atom is -0.488 e. The number of nitrogens with one attached hydrogen (secondary N) is 1. The fraction of sp³-hybridized carbons (Fsp3) is 0.600. The van der Waals surface area contributed by atoms with Gasteiger partial charge in [-0.2, -0.15) is 0 Å². The minimum absolute atomic E-state index is 0.223. The third kappa shape index (κ3) is 4.00. The van der Waals surface area contributed by atoms with E-state index >= 15 is 0 Å². The average molecular weight is 249 g/mol. The molecule has 1 aliphatic heterocycles. The van der Waals surface area contributed by atoms with E-state index < -0.39 is 0 Å². The number of hydrogen-bond acceptors (Lipinski definition) is 3. The normalized spacial score (nSPS) is 21.6. The van der Waals surface area contributed by atoms with Gasteiger partial charge in [0.1, 0.15) is 11.9 Å². The molecule has 0 amide bonds. The first-order valence-electron chi connectivity index (χ1n) is 6.78. The number of likely N-dealkylation sites (N-methyl/N-ethyl adjacent to an activating group) is 1. The van der Waals surface area contributed by atoms with Gasteiger partial charge in [0, 0.05) is 12.6 Å². The summed E-state index contributed by atoms with van der Waals surface area (Å²) in [6, 6.07) is 8.92. The molecule has 2 unspecified atom stereocenters. The standard InChI is InChI=1S/C15H23NO2/c1-12(16-2)10-13-5-7-14(8-6-13)18-15-4-3-9-17-11-15/h5-8,12,15-16H,3-4,9-11H2,1-2H3. The summed E-state index contributed by atoms with van der Waals surface area (Å²) in [7, 11) is 1.99. The summed E-state index contributed by atoms with van der Waals surface area (Å²) in [6.45, 7) is 3.78. The second kappa shape index (κ2) is 6.76.